The van der Waals surface area contributed by atoms with Crippen molar-refractivity contribution >= 4 is 12.0 Å². The lowest BCUT2D eigenvalue weighted by Gasteiger charge is -2.29. The van der Waals surface area contributed by atoms with Crippen molar-refractivity contribution in [3.63, 3.8) is 0 Å². The molecule has 1 aromatic rings. The second-order valence-electron chi connectivity index (χ2n) is 6.48. The van der Waals surface area contributed by atoms with Gasteiger partial charge in [-0.2, -0.15) is 0 Å². The number of carbonyl (C=O) groups excluding carboxylic acids is 2. The van der Waals surface area contributed by atoms with Gasteiger partial charge in [0.2, 0.25) is 5.91 Å². The number of nitrogens with two attached hydrogens (primary N) is 1. The van der Waals surface area contributed by atoms with Crippen molar-refractivity contribution in [3.8, 4) is 0 Å². The van der Waals surface area contributed by atoms with Crippen LogP contribution in [-0.2, 0) is 16.1 Å². The zero-order valence-corrected chi connectivity index (χ0v) is 14.5. The first-order valence-electron chi connectivity index (χ1n) is 8.46. The van der Waals surface area contributed by atoms with E-state index < -0.39 is 0 Å². The summed E-state index contributed by atoms with van der Waals surface area (Å²) >= 11 is 0. The van der Waals surface area contributed by atoms with E-state index in [0.717, 1.165) is 12.0 Å². The molecule has 0 radical (unpaired) electrons. The molecule has 24 heavy (non-hydrogen) atoms. The van der Waals surface area contributed by atoms with E-state index in [4.69, 9.17) is 10.5 Å². The van der Waals surface area contributed by atoms with Crippen molar-refractivity contribution in [1.29, 1.82) is 0 Å². The first-order chi connectivity index (χ1) is 11.5. The first kappa shape index (κ1) is 18.3. The molecule has 0 unspecified atom stereocenters. The highest BCUT2D eigenvalue weighted by molar-refractivity contribution is 5.78. The molecule has 2 N–H and O–H groups in total. The molecular formula is C18H27N3O3. The third-order valence-electron chi connectivity index (χ3n) is 4.32. The van der Waals surface area contributed by atoms with E-state index in [0.29, 0.717) is 19.6 Å². The fraction of sp³-hybridized carbons (Fsp3) is 0.556. The van der Waals surface area contributed by atoms with Crippen LogP contribution in [0.3, 0.4) is 0 Å². The molecule has 6 nitrogen and oxygen atoms in total. The van der Waals surface area contributed by atoms with Crippen LogP contribution in [0.1, 0.15) is 25.8 Å². The second-order valence-corrected chi connectivity index (χ2v) is 6.48. The molecule has 0 spiro atoms. The smallest absolute Gasteiger partial charge is 0.410 e. The standard InChI is InChI=1S/C18H27N3O3/c1-14(2)21(17(22)10-19)12-16-8-9-20(11-16)18(23)24-13-15-6-4-3-5-7-15/h3-7,14,16H,8-13,19H2,1-2H3/t16-/m0/s1. The lowest BCUT2D eigenvalue weighted by molar-refractivity contribution is -0.132. The van der Waals surface area contributed by atoms with Gasteiger partial charge in [-0.15, -0.1) is 0 Å². The molecule has 1 atom stereocenters. The fourth-order valence-corrected chi connectivity index (χ4v) is 2.95. The van der Waals surface area contributed by atoms with E-state index in [2.05, 4.69) is 0 Å². The molecule has 1 saturated heterocycles. The SMILES string of the molecule is CC(C)N(C[C@H]1CCN(C(=O)OCc2ccccc2)C1)C(=O)CN. The Balaban J connectivity index is 1.81. The summed E-state index contributed by atoms with van der Waals surface area (Å²) in [6.45, 7) is 6.19. The Morgan fingerprint density at radius 3 is 2.67 bits per heavy atom. The second kappa shape index (κ2) is 8.68. The van der Waals surface area contributed by atoms with Crippen LogP contribution >= 0.6 is 0 Å². The molecule has 0 saturated carbocycles. The minimum absolute atomic E-state index is 0.0216. The number of carbonyl (C=O) groups is 2. The highest BCUT2D eigenvalue weighted by atomic mass is 16.6. The van der Waals surface area contributed by atoms with Crippen LogP contribution in [0.5, 0.6) is 0 Å². The van der Waals surface area contributed by atoms with Crippen LogP contribution in [0, 0.1) is 5.92 Å². The van der Waals surface area contributed by atoms with Gasteiger partial charge in [0, 0.05) is 25.7 Å². The van der Waals surface area contributed by atoms with Crippen LogP contribution in [0.25, 0.3) is 0 Å². The predicted octanol–water partition coefficient (Wildman–Crippen LogP) is 1.84. The van der Waals surface area contributed by atoms with Gasteiger partial charge in [0.1, 0.15) is 6.61 Å². The number of likely N-dealkylation sites (tertiary alicyclic amines) is 1. The maximum absolute atomic E-state index is 12.2. The van der Waals surface area contributed by atoms with Crippen LogP contribution in [-0.4, -0.2) is 54.0 Å². The van der Waals surface area contributed by atoms with E-state index in [9.17, 15) is 9.59 Å². The number of ether oxygens (including phenoxy) is 1. The summed E-state index contributed by atoms with van der Waals surface area (Å²) < 4.78 is 5.37. The Morgan fingerprint density at radius 2 is 2.04 bits per heavy atom. The van der Waals surface area contributed by atoms with E-state index >= 15 is 0 Å². The van der Waals surface area contributed by atoms with E-state index in [-0.39, 0.29) is 37.1 Å². The van der Waals surface area contributed by atoms with E-state index in [1.165, 1.54) is 0 Å². The van der Waals surface area contributed by atoms with Gasteiger partial charge in [0.25, 0.3) is 0 Å². The zero-order chi connectivity index (χ0) is 17.5. The summed E-state index contributed by atoms with van der Waals surface area (Å²) in [6, 6.07) is 9.74. The summed E-state index contributed by atoms with van der Waals surface area (Å²) in [6.07, 6.45) is 0.587. The Labute approximate surface area is 143 Å². The summed E-state index contributed by atoms with van der Waals surface area (Å²) in [4.78, 5) is 27.6. The highest BCUT2D eigenvalue weighted by Gasteiger charge is 2.30. The van der Waals surface area contributed by atoms with E-state index in [1.54, 1.807) is 9.80 Å². The molecule has 0 aliphatic carbocycles. The van der Waals surface area contributed by atoms with Crippen molar-refractivity contribution < 1.29 is 14.3 Å². The molecule has 2 rings (SSSR count). The third-order valence-corrected chi connectivity index (χ3v) is 4.32. The summed E-state index contributed by atoms with van der Waals surface area (Å²) in [5.41, 5.74) is 6.45. The topological polar surface area (TPSA) is 75.9 Å². The summed E-state index contributed by atoms with van der Waals surface area (Å²) in [5.74, 6) is 0.224. The maximum Gasteiger partial charge on any atom is 0.410 e. The average molecular weight is 333 g/mol. The Morgan fingerprint density at radius 1 is 1.33 bits per heavy atom. The van der Waals surface area contributed by atoms with Gasteiger partial charge >= 0.3 is 6.09 Å². The number of hydrogen-bond acceptors (Lipinski definition) is 4. The van der Waals surface area contributed by atoms with Gasteiger partial charge in [0.05, 0.1) is 6.54 Å². The quantitative estimate of drug-likeness (QED) is 0.862. The highest BCUT2D eigenvalue weighted by Crippen LogP contribution is 2.20. The van der Waals surface area contributed by atoms with Crippen LogP contribution in [0.4, 0.5) is 4.79 Å². The van der Waals surface area contributed by atoms with Gasteiger partial charge in [-0.05, 0) is 31.7 Å². The van der Waals surface area contributed by atoms with Crippen molar-refractivity contribution in [3.05, 3.63) is 35.9 Å². The molecule has 1 fully saturated rings. The van der Waals surface area contributed by atoms with Gasteiger partial charge in [0.15, 0.2) is 0 Å². The number of rotatable bonds is 6. The summed E-state index contributed by atoms with van der Waals surface area (Å²) in [5, 5.41) is 0. The predicted molar refractivity (Wildman–Crippen MR) is 92.2 cm³/mol. The van der Waals surface area contributed by atoms with Crippen molar-refractivity contribution in [2.24, 2.45) is 11.7 Å². The van der Waals surface area contributed by atoms with Crippen molar-refractivity contribution in [2.75, 3.05) is 26.2 Å². The number of benzene rings is 1. The lowest BCUT2D eigenvalue weighted by atomic mass is 10.1. The van der Waals surface area contributed by atoms with Crippen LogP contribution in [0.15, 0.2) is 30.3 Å². The molecule has 1 aliphatic heterocycles. The molecule has 2 amide bonds. The van der Waals surface area contributed by atoms with Gasteiger partial charge in [-0.1, -0.05) is 30.3 Å². The number of nitrogens with zero attached hydrogens (tertiary/aromatic N) is 2. The maximum atomic E-state index is 12.2. The van der Waals surface area contributed by atoms with Gasteiger partial charge in [-0.25, -0.2) is 4.79 Å². The molecule has 0 aromatic heterocycles. The minimum atomic E-state index is -0.289. The zero-order valence-electron chi connectivity index (χ0n) is 14.5. The number of hydrogen-bond donors (Lipinski definition) is 1. The third kappa shape index (κ3) is 4.96. The molecule has 1 aliphatic rings. The van der Waals surface area contributed by atoms with Crippen molar-refractivity contribution in [1.82, 2.24) is 9.80 Å². The van der Waals surface area contributed by atoms with Crippen LogP contribution in [0.2, 0.25) is 0 Å². The summed E-state index contributed by atoms with van der Waals surface area (Å²) in [7, 11) is 0. The lowest BCUT2D eigenvalue weighted by Crippen LogP contribution is -2.44. The monoisotopic (exact) mass is 333 g/mol. The number of amides is 2. The van der Waals surface area contributed by atoms with Crippen LogP contribution < -0.4 is 5.73 Å². The fourth-order valence-electron chi connectivity index (χ4n) is 2.95. The molecule has 132 valence electrons. The Bertz CT molecular complexity index is 548. The largest absolute Gasteiger partial charge is 0.445 e. The Hall–Kier alpha value is -2.08. The minimum Gasteiger partial charge on any atom is -0.445 e. The van der Waals surface area contributed by atoms with Gasteiger partial charge in [-0.3, -0.25) is 4.79 Å². The Kier molecular flexibility index (Phi) is 6.61. The molecular weight excluding hydrogens is 306 g/mol. The molecule has 1 aromatic carbocycles. The molecule has 0 bridgehead atoms. The van der Waals surface area contributed by atoms with Crippen molar-refractivity contribution in [2.45, 2.75) is 32.9 Å². The first-order valence-corrected chi connectivity index (χ1v) is 8.46. The molecule has 1 heterocycles. The average Bonchev–Trinajstić information content (AvgIpc) is 3.06. The van der Waals surface area contributed by atoms with E-state index in [1.807, 2.05) is 44.2 Å². The normalized spacial score (nSPS) is 17.2. The molecule has 6 heteroatoms. The van der Waals surface area contributed by atoms with Gasteiger partial charge < -0.3 is 20.3 Å².